The van der Waals surface area contributed by atoms with Crippen LogP contribution in [0.5, 0.6) is 0 Å². The highest BCUT2D eigenvalue weighted by Gasteiger charge is 2.23. The largest absolute Gasteiger partial charge is 0.337 e. The molecule has 1 saturated heterocycles. The number of halogens is 1. The number of rotatable bonds is 2. The Kier molecular flexibility index (Phi) is 3.97. The molecule has 5 heteroatoms. The van der Waals surface area contributed by atoms with Gasteiger partial charge in [0, 0.05) is 25.3 Å². The van der Waals surface area contributed by atoms with E-state index in [1.54, 1.807) is 12.1 Å². The van der Waals surface area contributed by atoms with Gasteiger partial charge < -0.3 is 10.2 Å². The van der Waals surface area contributed by atoms with Crippen LogP contribution in [0.2, 0.25) is 5.02 Å². The topological polar surface area (TPSA) is 45.2 Å². The number of carbonyl (C=O) groups excluding carboxylic acids is 1. The van der Waals surface area contributed by atoms with Gasteiger partial charge in [-0.1, -0.05) is 11.6 Å². The number of carbonyl (C=O) groups is 1. The van der Waals surface area contributed by atoms with E-state index >= 15 is 0 Å². The van der Waals surface area contributed by atoms with Gasteiger partial charge >= 0.3 is 0 Å². The second-order valence-electron chi connectivity index (χ2n) is 4.22. The minimum atomic E-state index is -0.00350. The molecular formula is C12H16ClN3O. The molecule has 0 atom stereocenters. The van der Waals surface area contributed by atoms with E-state index in [4.69, 9.17) is 11.6 Å². The highest BCUT2D eigenvalue weighted by molar-refractivity contribution is 6.30. The van der Waals surface area contributed by atoms with Gasteiger partial charge in [-0.25, -0.2) is 4.98 Å². The Morgan fingerprint density at radius 3 is 2.71 bits per heavy atom. The zero-order valence-corrected chi connectivity index (χ0v) is 10.6. The summed E-state index contributed by atoms with van der Waals surface area (Å²) in [6.07, 6.45) is 3.50. The van der Waals surface area contributed by atoms with Crippen LogP contribution in [0.4, 0.5) is 0 Å². The molecule has 1 amide bonds. The van der Waals surface area contributed by atoms with Crippen molar-refractivity contribution in [3.05, 3.63) is 29.0 Å². The van der Waals surface area contributed by atoms with Crippen LogP contribution in [0.1, 0.15) is 23.3 Å². The number of nitrogens with one attached hydrogen (secondary N) is 1. The lowest BCUT2D eigenvalue weighted by molar-refractivity contribution is 0.0701. The van der Waals surface area contributed by atoms with Crippen molar-refractivity contribution in [1.29, 1.82) is 0 Å². The first-order chi connectivity index (χ1) is 8.20. The van der Waals surface area contributed by atoms with Crippen molar-refractivity contribution in [3.8, 4) is 0 Å². The number of amides is 1. The SMILES string of the molecule is CNC1CCN(C(=O)c2ccc(Cl)cn2)CC1. The molecular weight excluding hydrogens is 238 g/mol. The molecule has 0 aromatic carbocycles. The second kappa shape index (κ2) is 5.47. The fourth-order valence-corrected chi connectivity index (χ4v) is 2.15. The molecule has 0 aliphatic carbocycles. The lowest BCUT2D eigenvalue weighted by Gasteiger charge is -2.31. The lowest BCUT2D eigenvalue weighted by atomic mass is 10.1. The van der Waals surface area contributed by atoms with Crippen LogP contribution in [-0.4, -0.2) is 42.0 Å². The summed E-state index contributed by atoms with van der Waals surface area (Å²) in [5.74, 6) is -0.00350. The smallest absolute Gasteiger partial charge is 0.272 e. The Morgan fingerprint density at radius 1 is 1.47 bits per heavy atom. The summed E-state index contributed by atoms with van der Waals surface area (Å²) in [7, 11) is 1.96. The average molecular weight is 254 g/mol. The predicted octanol–water partition coefficient (Wildman–Crippen LogP) is 1.56. The van der Waals surface area contributed by atoms with Gasteiger partial charge in [-0.2, -0.15) is 0 Å². The van der Waals surface area contributed by atoms with E-state index in [1.165, 1.54) is 6.20 Å². The zero-order chi connectivity index (χ0) is 12.3. The molecule has 1 aliphatic heterocycles. The molecule has 1 fully saturated rings. The summed E-state index contributed by atoms with van der Waals surface area (Å²) in [5, 5.41) is 3.79. The maximum atomic E-state index is 12.1. The van der Waals surface area contributed by atoms with Crippen LogP contribution in [0.15, 0.2) is 18.3 Å². The van der Waals surface area contributed by atoms with E-state index in [2.05, 4.69) is 10.3 Å². The van der Waals surface area contributed by atoms with E-state index in [0.717, 1.165) is 25.9 Å². The average Bonchev–Trinajstić information content (AvgIpc) is 2.39. The summed E-state index contributed by atoms with van der Waals surface area (Å²) in [6, 6.07) is 3.90. The van der Waals surface area contributed by atoms with E-state index in [0.29, 0.717) is 16.8 Å². The van der Waals surface area contributed by atoms with Crippen molar-refractivity contribution in [2.45, 2.75) is 18.9 Å². The van der Waals surface area contributed by atoms with Crippen LogP contribution in [0.3, 0.4) is 0 Å². The minimum Gasteiger partial charge on any atom is -0.337 e. The van der Waals surface area contributed by atoms with E-state index in [-0.39, 0.29) is 5.91 Å². The molecule has 2 rings (SSSR count). The summed E-state index contributed by atoms with van der Waals surface area (Å²) >= 11 is 5.74. The van der Waals surface area contributed by atoms with Crippen LogP contribution >= 0.6 is 11.6 Å². The number of pyridine rings is 1. The van der Waals surface area contributed by atoms with Crippen LogP contribution in [0, 0.1) is 0 Å². The first kappa shape index (κ1) is 12.3. The van der Waals surface area contributed by atoms with Gasteiger partial charge in [-0.15, -0.1) is 0 Å². The number of nitrogens with zero attached hydrogens (tertiary/aromatic N) is 2. The molecule has 0 saturated carbocycles. The van der Waals surface area contributed by atoms with Crippen molar-refractivity contribution in [1.82, 2.24) is 15.2 Å². The third kappa shape index (κ3) is 2.96. The standard InChI is InChI=1S/C12H16ClN3O/c1-14-10-4-6-16(7-5-10)12(17)11-3-2-9(13)8-15-11/h2-3,8,10,14H,4-7H2,1H3. The maximum absolute atomic E-state index is 12.1. The van der Waals surface area contributed by atoms with Gasteiger partial charge in [-0.3, -0.25) is 4.79 Å². The molecule has 17 heavy (non-hydrogen) atoms. The number of likely N-dealkylation sites (tertiary alicyclic amines) is 1. The van der Waals surface area contributed by atoms with Gasteiger partial charge in [-0.05, 0) is 32.0 Å². The number of aromatic nitrogens is 1. The lowest BCUT2D eigenvalue weighted by Crippen LogP contribution is -2.44. The molecule has 0 radical (unpaired) electrons. The first-order valence-electron chi connectivity index (χ1n) is 5.79. The van der Waals surface area contributed by atoms with Crippen LogP contribution in [-0.2, 0) is 0 Å². The monoisotopic (exact) mass is 253 g/mol. The fraction of sp³-hybridized carbons (Fsp3) is 0.500. The molecule has 2 heterocycles. The second-order valence-corrected chi connectivity index (χ2v) is 4.65. The molecule has 1 aromatic heterocycles. The van der Waals surface area contributed by atoms with E-state index < -0.39 is 0 Å². The van der Waals surface area contributed by atoms with Gasteiger partial charge in [0.25, 0.3) is 5.91 Å². The van der Waals surface area contributed by atoms with Crippen molar-refractivity contribution in [2.75, 3.05) is 20.1 Å². The van der Waals surface area contributed by atoms with Gasteiger partial charge in [0.1, 0.15) is 5.69 Å². The van der Waals surface area contributed by atoms with E-state index in [1.807, 2.05) is 11.9 Å². The van der Waals surface area contributed by atoms with E-state index in [9.17, 15) is 4.79 Å². The Morgan fingerprint density at radius 2 is 2.18 bits per heavy atom. The molecule has 1 N–H and O–H groups in total. The van der Waals surface area contributed by atoms with Crippen LogP contribution in [0.25, 0.3) is 0 Å². The highest BCUT2D eigenvalue weighted by atomic mass is 35.5. The third-order valence-electron chi connectivity index (χ3n) is 3.14. The number of hydrogen-bond donors (Lipinski definition) is 1. The molecule has 1 aromatic rings. The molecule has 0 unspecified atom stereocenters. The summed E-state index contributed by atoms with van der Waals surface area (Å²) in [6.45, 7) is 1.57. The third-order valence-corrected chi connectivity index (χ3v) is 3.36. The van der Waals surface area contributed by atoms with Crippen LogP contribution < -0.4 is 5.32 Å². The van der Waals surface area contributed by atoms with Crippen molar-refractivity contribution in [2.24, 2.45) is 0 Å². The molecule has 0 spiro atoms. The predicted molar refractivity (Wildman–Crippen MR) is 67.2 cm³/mol. The minimum absolute atomic E-state index is 0.00350. The molecule has 4 nitrogen and oxygen atoms in total. The van der Waals surface area contributed by atoms with Crippen molar-refractivity contribution >= 4 is 17.5 Å². The van der Waals surface area contributed by atoms with Gasteiger partial charge in [0.05, 0.1) is 5.02 Å². The Hall–Kier alpha value is -1.13. The number of hydrogen-bond acceptors (Lipinski definition) is 3. The molecule has 1 aliphatic rings. The van der Waals surface area contributed by atoms with Gasteiger partial charge in [0.15, 0.2) is 0 Å². The maximum Gasteiger partial charge on any atom is 0.272 e. The number of piperidine rings is 1. The van der Waals surface area contributed by atoms with Gasteiger partial charge in [0.2, 0.25) is 0 Å². The fourth-order valence-electron chi connectivity index (χ4n) is 2.04. The first-order valence-corrected chi connectivity index (χ1v) is 6.16. The summed E-state index contributed by atoms with van der Waals surface area (Å²) < 4.78 is 0. The normalized spacial score (nSPS) is 17.2. The van der Waals surface area contributed by atoms with Crippen molar-refractivity contribution < 1.29 is 4.79 Å². The Labute approximate surface area is 106 Å². The Bertz CT molecular complexity index is 385. The quantitative estimate of drug-likeness (QED) is 0.870. The summed E-state index contributed by atoms with van der Waals surface area (Å²) in [5.41, 5.74) is 0.470. The molecule has 0 bridgehead atoms. The zero-order valence-electron chi connectivity index (χ0n) is 9.82. The highest BCUT2D eigenvalue weighted by Crippen LogP contribution is 2.14. The van der Waals surface area contributed by atoms with Crippen molar-refractivity contribution in [3.63, 3.8) is 0 Å². The molecule has 92 valence electrons. The summed E-state index contributed by atoms with van der Waals surface area (Å²) in [4.78, 5) is 18.0. The Balaban J connectivity index is 1.99.